The van der Waals surface area contributed by atoms with Crippen LogP contribution in [0.4, 0.5) is 10.1 Å². The van der Waals surface area contributed by atoms with Crippen molar-refractivity contribution in [2.24, 2.45) is 0 Å². The third-order valence-corrected chi connectivity index (χ3v) is 4.97. The van der Waals surface area contributed by atoms with Crippen molar-refractivity contribution in [1.82, 2.24) is 5.32 Å². The zero-order chi connectivity index (χ0) is 13.9. The molecule has 2 N–H and O–H groups in total. The second kappa shape index (κ2) is 5.82. The van der Waals surface area contributed by atoms with Gasteiger partial charge in [0.25, 0.3) is 5.91 Å². The zero-order valence-electron chi connectivity index (χ0n) is 11.3. The highest BCUT2D eigenvalue weighted by molar-refractivity contribution is 8.00. The van der Waals surface area contributed by atoms with E-state index in [0.29, 0.717) is 12.1 Å². The van der Waals surface area contributed by atoms with Crippen LogP contribution >= 0.6 is 11.8 Å². The van der Waals surface area contributed by atoms with Gasteiger partial charge in [0.2, 0.25) is 0 Å². The van der Waals surface area contributed by atoms with Crippen molar-refractivity contribution < 1.29 is 9.18 Å². The Labute approximate surface area is 117 Å². The lowest BCUT2D eigenvalue weighted by atomic mass is 10.1. The van der Waals surface area contributed by atoms with Gasteiger partial charge in [-0.25, -0.2) is 4.39 Å². The minimum atomic E-state index is -0.406. The number of hydrogen-bond donors (Lipinski definition) is 2. The predicted octanol–water partition coefficient (Wildman–Crippen LogP) is 2.88. The van der Waals surface area contributed by atoms with Gasteiger partial charge < -0.3 is 10.6 Å². The van der Waals surface area contributed by atoms with Crippen molar-refractivity contribution in [3.63, 3.8) is 0 Å². The molecule has 1 aromatic rings. The Hall–Kier alpha value is -1.23. The Kier molecular flexibility index (Phi) is 4.34. The normalized spacial score (nSPS) is 22.3. The molecule has 19 heavy (non-hydrogen) atoms. The molecular formula is C14H19FN2OS. The molecular weight excluding hydrogens is 263 g/mol. The summed E-state index contributed by atoms with van der Waals surface area (Å²) in [7, 11) is 1.61. The highest BCUT2D eigenvalue weighted by Crippen LogP contribution is 2.37. The van der Waals surface area contributed by atoms with E-state index in [0.717, 1.165) is 12.2 Å². The van der Waals surface area contributed by atoms with Crippen molar-refractivity contribution >= 4 is 23.4 Å². The highest BCUT2D eigenvalue weighted by atomic mass is 32.2. The van der Waals surface area contributed by atoms with Crippen LogP contribution in [-0.4, -0.2) is 30.0 Å². The maximum absolute atomic E-state index is 13.6. The number of para-hydroxylation sites is 1. The van der Waals surface area contributed by atoms with Gasteiger partial charge >= 0.3 is 0 Å². The van der Waals surface area contributed by atoms with E-state index in [4.69, 9.17) is 0 Å². The first-order chi connectivity index (χ1) is 9.06. The second-order valence-corrected chi connectivity index (χ2v) is 6.68. The summed E-state index contributed by atoms with van der Waals surface area (Å²) in [6, 6.07) is 4.53. The molecule has 1 unspecified atom stereocenters. The lowest BCUT2D eigenvalue weighted by Crippen LogP contribution is -2.37. The van der Waals surface area contributed by atoms with Crippen molar-refractivity contribution in [2.75, 3.05) is 24.7 Å². The number of hydrogen-bond acceptors (Lipinski definition) is 3. The molecule has 0 bridgehead atoms. The number of benzene rings is 1. The molecule has 0 saturated carbocycles. The van der Waals surface area contributed by atoms with Crippen LogP contribution in [0.5, 0.6) is 0 Å². The molecule has 0 spiro atoms. The maximum atomic E-state index is 13.6. The average molecular weight is 282 g/mol. The van der Waals surface area contributed by atoms with E-state index in [1.807, 2.05) is 11.8 Å². The molecule has 1 amide bonds. The van der Waals surface area contributed by atoms with Crippen LogP contribution in [0.25, 0.3) is 0 Å². The first-order valence-corrected chi connectivity index (χ1v) is 7.43. The minimum Gasteiger partial charge on any atom is -0.385 e. The topological polar surface area (TPSA) is 41.1 Å². The fourth-order valence-electron chi connectivity index (χ4n) is 2.31. The second-order valence-electron chi connectivity index (χ2n) is 5.00. The fraction of sp³-hybridized carbons (Fsp3) is 0.500. The number of amides is 1. The first kappa shape index (κ1) is 14.2. The van der Waals surface area contributed by atoms with Crippen LogP contribution in [0.2, 0.25) is 0 Å². The molecule has 1 fully saturated rings. The molecule has 1 saturated heterocycles. The van der Waals surface area contributed by atoms with Gasteiger partial charge in [-0.05, 0) is 37.7 Å². The monoisotopic (exact) mass is 282 g/mol. The van der Waals surface area contributed by atoms with Crippen LogP contribution in [0.1, 0.15) is 30.1 Å². The summed E-state index contributed by atoms with van der Waals surface area (Å²) in [5.74, 6) is 0.517. The highest BCUT2D eigenvalue weighted by Gasteiger charge is 2.30. The number of rotatable bonds is 4. The molecule has 3 nitrogen and oxygen atoms in total. The van der Waals surface area contributed by atoms with Crippen LogP contribution < -0.4 is 10.6 Å². The third-order valence-electron chi connectivity index (χ3n) is 3.43. The van der Waals surface area contributed by atoms with Crippen LogP contribution in [0.15, 0.2) is 18.2 Å². The van der Waals surface area contributed by atoms with Gasteiger partial charge in [0, 0.05) is 18.3 Å². The van der Waals surface area contributed by atoms with Crippen molar-refractivity contribution in [1.29, 1.82) is 0 Å². The molecule has 0 aromatic heterocycles. The zero-order valence-corrected chi connectivity index (χ0v) is 12.1. The number of anilines is 1. The molecule has 104 valence electrons. The van der Waals surface area contributed by atoms with Crippen molar-refractivity contribution in [3.05, 3.63) is 29.6 Å². The van der Waals surface area contributed by atoms with Gasteiger partial charge in [-0.2, -0.15) is 11.8 Å². The molecule has 0 aliphatic carbocycles. The van der Waals surface area contributed by atoms with Gasteiger partial charge in [0.1, 0.15) is 5.82 Å². The van der Waals surface area contributed by atoms with Gasteiger partial charge in [0.05, 0.1) is 11.3 Å². The van der Waals surface area contributed by atoms with Crippen LogP contribution in [0, 0.1) is 5.82 Å². The van der Waals surface area contributed by atoms with E-state index in [2.05, 4.69) is 17.6 Å². The number of carbonyl (C=O) groups is 1. The van der Waals surface area contributed by atoms with E-state index in [-0.39, 0.29) is 16.3 Å². The Morgan fingerprint density at radius 1 is 1.53 bits per heavy atom. The van der Waals surface area contributed by atoms with E-state index in [9.17, 15) is 9.18 Å². The molecule has 1 heterocycles. The van der Waals surface area contributed by atoms with Gasteiger partial charge in [-0.3, -0.25) is 4.79 Å². The van der Waals surface area contributed by atoms with Crippen LogP contribution in [0.3, 0.4) is 0 Å². The summed E-state index contributed by atoms with van der Waals surface area (Å²) in [6.07, 6.45) is 2.30. The van der Waals surface area contributed by atoms with Crippen molar-refractivity contribution in [3.8, 4) is 0 Å². The van der Waals surface area contributed by atoms with Crippen LogP contribution in [-0.2, 0) is 0 Å². The van der Waals surface area contributed by atoms with E-state index in [1.54, 1.807) is 19.2 Å². The molecule has 1 aromatic carbocycles. The van der Waals surface area contributed by atoms with Gasteiger partial charge in [-0.15, -0.1) is 0 Å². The Balaban J connectivity index is 2.06. The molecule has 0 radical (unpaired) electrons. The average Bonchev–Trinajstić information content (AvgIpc) is 2.83. The standard InChI is InChI=1S/C14H19FN2OS/c1-14(7-4-8-19-14)9-17-13(18)10-5-3-6-11(15)12(10)16-2/h3,5-6,16H,4,7-9H2,1-2H3,(H,17,18). The van der Waals surface area contributed by atoms with Gasteiger partial charge in [-0.1, -0.05) is 6.07 Å². The first-order valence-electron chi connectivity index (χ1n) is 6.44. The summed E-state index contributed by atoms with van der Waals surface area (Å²) in [4.78, 5) is 12.1. The number of carbonyl (C=O) groups excluding carboxylic acids is 1. The number of thioether (sulfide) groups is 1. The van der Waals surface area contributed by atoms with E-state index in [1.165, 1.54) is 12.5 Å². The minimum absolute atomic E-state index is 0.114. The SMILES string of the molecule is CNc1c(F)cccc1C(=O)NCC1(C)CCCS1. The summed E-state index contributed by atoms with van der Waals surface area (Å²) in [5, 5.41) is 5.66. The van der Waals surface area contributed by atoms with E-state index < -0.39 is 5.82 Å². The lowest BCUT2D eigenvalue weighted by molar-refractivity contribution is 0.0950. The summed E-state index contributed by atoms with van der Waals surface area (Å²) in [5.41, 5.74) is 0.610. The number of halogens is 1. The Morgan fingerprint density at radius 2 is 2.32 bits per heavy atom. The Morgan fingerprint density at radius 3 is 2.95 bits per heavy atom. The molecule has 1 atom stereocenters. The van der Waals surface area contributed by atoms with Crippen molar-refractivity contribution in [2.45, 2.75) is 24.5 Å². The smallest absolute Gasteiger partial charge is 0.253 e. The summed E-state index contributed by atoms with van der Waals surface area (Å²) < 4.78 is 13.7. The maximum Gasteiger partial charge on any atom is 0.253 e. The lowest BCUT2D eigenvalue weighted by Gasteiger charge is -2.23. The van der Waals surface area contributed by atoms with E-state index >= 15 is 0 Å². The molecule has 1 aliphatic heterocycles. The Bertz CT molecular complexity index is 473. The summed E-state index contributed by atoms with van der Waals surface area (Å²) >= 11 is 1.89. The number of nitrogens with one attached hydrogen (secondary N) is 2. The fourth-order valence-corrected chi connectivity index (χ4v) is 3.55. The van der Waals surface area contributed by atoms with Gasteiger partial charge in [0.15, 0.2) is 0 Å². The predicted molar refractivity (Wildman–Crippen MR) is 78.4 cm³/mol. The molecule has 1 aliphatic rings. The molecule has 2 rings (SSSR count). The summed E-state index contributed by atoms with van der Waals surface area (Å²) in [6.45, 7) is 2.78. The quantitative estimate of drug-likeness (QED) is 0.892. The largest absolute Gasteiger partial charge is 0.385 e. The molecule has 5 heteroatoms. The third kappa shape index (κ3) is 3.21.